The van der Waals surface area contributed by atoms with Gasteiger partial charge in [-0.3, -0.25) is 0 Å². The highest BCUT2D eigenvalue weighted by molar-refractivity contribution is 5.65. The van der Waals surface area contributed by atoms with Crippen LogP contribution in [0, 0.1) is 6.92 Å². The zero-order chi connectivity index (χ0) is 13.6. The van der Waals surface area contributed by atoms with Crippen molar-refractivity contribution in [2.24, 2.45) is 0 Å². The average Bonchev–Trinajstić information content (AvgIpc) is 2.07. The second kappa shape index (κ2) is 3.94. The van der Waals surface area contributed by atoms with Crippen molar-refractivity contribution in [1.29, 1.82) is 0 Å². The SMILES string of the molecule is Cc1cc(C(C)(C)C)c(O)c(C(C)(C)C)c1N. The first-order chi connectivity index (χ1) is 7.46. The summed E-state index contributed by atoms with van der Waals surface area (Å²) in [6.07, 6.45) is 0. The molecule has 0 atom stereocenters. The smallest absolute Gasteiger partial charge is 0.125 e. The summed E-state index contributed by atoms with van der Waals surface area (Å²) in [7, 11) is 0. The van der Waals surface area contributed by atoms with Crippen LogP contribution in [-0.2, 0) is 10.8 Å². The normalized spacial score (nSPS) is 12.9. The second-order valence-electron chi connectivity index (χ2n) is 6.88. The van der Waals surface area contributed by atoms with Crippen LogP contribution in [0.3, 0.4) is 0 Å². The first kappa shape index (κ1) is 13.9. The van der Waals surface area contributed by atoms with E-state index in [2.05, 4.69) is 41.5 Å². The Labute approximate surface area is 105 Å². The van der Waals surface area contributed by atoms with Gasteiger partial charge in [-0.1, -0.05) is 41.5 Å². The molecule has 0 spiro atoms. The Morgan fingerprint density at radius 3 is 1.82 bits per heavy atom. The molecule has 0 aliphatic rings. The van der Waals surface area contributed by atoms with Gasteiger partial charge >= 0.3 is 0 Å². The van der Waals surface area contributed by atoms with E-state index < -0.39 is 0 Å². The molecule has 0 fully saturated rings. The van der Waals surface area contributed by atoms with Crippen molar-refractivity contribution in [3.05, 3.63) is 22.8 Å². The Bertz CT molecular complexity index is 434. The summed E-state index contributed by atoms with van der Waals surface area (Å²) in [5, 5.41) is 10.5. The van der Waals surface area contributed by atoms with Crippen LogP contribution in [0.5, 0.6) is 5.75 Å². The first-order valence-corrected chi connectivity index (χ1v) is 6.09. The van der Waals surface area contributed by atoms with Gasteiger partial charge in [0.1, 0.15) is 5.75 Å². The molecule has 0 amide bonds. The molecule has 1 aromatic carbocycles. The molecule has 2 heteroatoms. The van der Waals surface area contributed by atoms with Gasteiger partial charge in [0.2, 0.25) is 0 Å². The van der Waals surface area contributed by atoms with Crippen molar-refractivity contribution in [3.63, 3.8) is 0 Å². The quantitative estimate of drug-likeness (QED) is 0.670. The van der Waals surface area contributed by atoms with Gasteiger partial charge in [0.25, 0.3) is 0 Å². The molecule has 1 rings (SSSR count). The number of phenols is 1. The van der Waals surface area contributed by atoms with Gasteiger partial charge in [-0.05, 0) is 34.9 Å². The Morgan fingerprint density at radius 1 is 1.00 bits per heavy atom. The summed E-state index contributed by atoms with van der Waals surface area (Å²) in [4.78, 5) is 0. The third kappa shape index (κ3) is 2.56. The van der Waals surface area contributed by atoms with Crippen LogP contribution in [0.25, 0.3) is 0 Å². The molecule has 0 heterocycles. The third-order valence-corrected chi connectivity index (χ3v) is 3.10. The minimum atomic E-state index is -0.153. The van der Waals surface area contributed by atoms with Gasteiger partial charge < -0.3 is 10.8 Å². The lowest BCUT2D eigenvalue weighted by Gasteiger charge is -2.29. The van der Waals surface area contributed by atoms with E-state index in [0.29, 0.717) is 11.4 Å². The van der Waals surface area contributed by atoms with Crippen LogP contribution >= 0.6 is 0 Å². The molecule has 0 saturated carbocycles. The largest absolute Gasteiger partial charge is 0.507 e. The molecular formula is C15H25NO. The molecule has 0 unspecified atom stereocenters. The lowest BCUT2D eigenvalue weighted by atomic mass is 9.77. The van der Waals surface area contributed by atoms with Gasteiger partial charge in [-0.15, -0.1) is 0 Å². The summed E-state index contributed by atoms with van der Waals surface area (Å²) in [5.41, 5.74) is 9.47. The Balaban J connectivity index is 3.67. The fourth-order valence-corrected chi connectivity index (χ4v) is 2.15. The maximum Gasteiger partial charge on any atom is 0.125 e. The average molecular weight is 235 g/mol. The van der Waals surface area contributed by atoms with Crippen LogP contribution in [0.4, 0.5) is 5.69 Å². The predicted molar refractivity (Wildman–Crippen MR) is 74.7 cm³/mol. The standard InChI is InChI=1S/C15H25NO/c1-9-8-10(14(2,3)4)13(17)11(12(9)16)15(5,6)7/h8,17H,16H2,1-7H3. The highest BCUT2D eigenvalue weighted by Gasteiger charge is 2.28. The first-order valence-electron chi connectivity index (χ1n) is 6.09. The molecule has 0 aliphatic heterocycles. The molecule has 0 aliphatic carbocycles. The number of anilines is 1. The predicted octanol–water partition coefficient (Wildman–Crippen LogP) is 3.88. The molecule has 3 N–H and O–H groups in total. The summed E-state index contributed by atoms with van der Waals surface area (Å²) in [6.45, 7) is 14.5. The number of aromatic hydroxyl groups is 1. The van der Waals surface area contributed by atoms with Crippen LogP contribution in [-0.4, -0.2) is 5.11 Å². The second-order valence-corrected chi connectivity index (χ2v) is 6.88. The number of hydrogen-bond acceptors (Lipinski definition) is 2. The molecule has 2 nitrogen and oxygen atoms in total. The Hall–Kier alpha value is -1.18. The number of aryl methyl sites for hydroxylation is 1. The molecule has 96 valence electrons. The zero-order valence-electron chi connectivity index (χ0n) is 12.1. The maximum atomic E-state index is 10.5. The van der Waals surface area contributed by atoms with Crippen LogP contribution < -0.4 is 5.73 Å². The number of rotatable bonds is 0. The molecule has 0 bridgehead atoms. The summed E-state index contributed by atoms with van der Waals surface area (Å²) in [6, 6.07) is 2.00. The van der Waals surface area contributed by atoms with E-state index in [0.717, 1.165) is 16.7 Å². The molecule has 1 aromatic rings. The Kier molecular flexibility index (Phi) is 3.21. The summed E-state index contributed by atoms with van der Waals surface area (Å²) >= 11 is 0. The summed E-state index contributed by atoms with van der Waals surface area (Å²) in [5.74, 6) is 0.355. The molecule has 0 radical (unpaired) electrons. The fourth-order valence-electron chi connectivity index (χ4n) is 2.15. The minimum Gasteiger partial charge on any atom is -0.507 e. The third-order valence-electron chi connectivity index (χ3n) is 3.10. The number of nitrogen functional groups attached to an aromatic ring is 1. The van der Waals surface area contributed by atoms with Crippen molar-refractivity contribution in [2.75, 3.05) is 5.73 Å². The van der Waals surface area contributed by atoms with E-state index in [9.17, 15) is 5.11 Å². The van der Waals surface area contributed by atoms with E-state index >= 15 is 0 Å². The topological polar surface area (TPSA) is 46.2 Å². The van der Waals surface area contributed by atoms with Crippen LogP contribution in [0.15, 0.2) is 6.07 Å². The van der Waals surface area contributed by atoms with Crippen molar-refractivity contribution >= 4 is 5.69 Å². The van der Waals surface area contributed by atoms with Gasteiger partial charge in [0, 0.05) is 11.3 Å². The maximum absolute atomic E-state index is 10.5. The zero-order valence-corrected chi connectivity index (χ0v) is 12.1. The highest BCUT2D eigenvalue weighted by Crippen LogP contribution is 2.43. The van der Waals surface area contributed by atoms with Gasteiger partial charge in [0.15, 0.2) is 0 Å². The van der Waals surface area contributed by atoms with Crippen LogP contribution in [0.1, 0.15) is 58.2 Å². The van der Waals surface area contributed by atoms with Gasteiger partial charge in [-0.2, -0.15) is 0 Å². The van der Waals surface area contributed by atoms with Crippen molar-refractivity contribution < 1.29 is 5.11 Å². The monoisotopic (exact) mass is 235 g/mol. The lowest BCUT2D eigenvalue weighted by molar-refractivity contribution is 0.424. The van der Waals surface area contributed by atoms with Crippen molar-refractivity contribution in [1.82, 2.24) is 0 Å². The highest BCUT2D eigenvalue weighted by atomic mass is 16.3. The van der Waals surface area contributed by atoms with Gasteiger partial charge in [-0.25, -0.2) is 0 Å². The molecule has 0 aromatic heterocycles. The molecule has 0 saturated heterocycles. The van der Waals surface area contributed by atoms with E-state index in [1.807, 2.05) is 13.0 Å². The molecular weight excluding hydrogens is 210 g/mol. The number of phenolic OH excluding ortho intramolecular Hbond substituents is 1. The van der Waals surface area contributed by atoms with Crippen molar-refractivity contribution in [2.45, 2.75) is 59.3 Å². The number of hydrogen-bond donors (Lipinski definition) is 2. The van der Waals surface area contributed by atoms with E-state index in [1.54, 1.807) is 0 Å². The molecule has 17 heavy (non-hydrogen) atoms. The van der Waals surface area contributed by atoms with Crippen molar-refractivity contribution in [3.8, 4) is 5.75 Å². The van der Waals surface area contributed by atoms with E-state index in [4.69, 9.17) is 5.73 Å². The fraction of sp³-hybridized carbons (Fsp3) is 0.600. The Morgan fingerprint density at radius 2 is 1.47 bits per heavy atom. The van der Waals surface area contributed by atoms with E-state index in [-0.39, 0.29) is 10.8 Å². The minimum absolute atomic E-state index is 0.0808. The lowest BCUT2D eigenvalue weighted by Crippen LogP contribution is -2.19. The van der Waals surface area contributed by atoms with E-state index in [1.165, 1.54) is 0 Å². The summed E-state index contributed by atoms with van der Waals surface area (Å²) < 4.78 is 0. The number of nitrogens with two attached hydrogens (primary N) is 1. The van der Waals surface area contributed by atoms with Crippen LogP contribution in [0.2, 0.25) is 0 Å². The number of benzene rings is 1. The van der Waals surface area contributed by atoms with Gasteiger partial charge in [0.05, 0.1) is 0 Å².